The lowest BCUT2D eigenvalue weighted by molar-refractivity contribution is 0.0940. The Hall–Kier alpha value is -2.14. The molecule has 0 fully saturated rings. The smallest absolute Gasteiger partial charge is 0.255 e. The van der Waals surface area contributed by atoms with Crippen molar-refractivity contribution in [1.29, 1.82) is 0 Å². The molecule has 2 amide bonds. The fourth-order valence-corrected chi connectivity index (χ4v) is 2.42. The molecule has 2 aromatic carbocycles. The fraction of sp³-hybridized carbons (Fsp3) is 0.222. The summed E-state index contributed by atoms with van der Waals surface area (Å²) in [6.07, 6.45) is 0.846. The molecule has 2 aromatic rings. The van der Waals surface area contributed by atoms with Gasteiger partial charge in [0.15, 0.2) is 0 Å². The van der Waals surface area contributed by atoms with Crippen LogP contribution in [0.1, 0.15) is 41.0 Å². The first-order chi connectivity index (χ1) is 11.0. The summed E-state index contributed by atoms with van der Waals surface area (Å²) in [6.45, 7) is 3.95. The number of carbonyl (C=O) groups excluding carboxylic acids is 2. The van der Waals surface area contributed by atoms with E-state index in [2.05, 4.69) is 26.6 Å². The van der Waals surface area contributed by atoms with Crippen molar-refractivity contribution < 1.29 is 9.59 Å². The molecule has 5 heteroatoms. The Kier molecular flexibility index (Phi) is 5.93. The van der Waals surface area contributed by atoms with Gasteiger partial charge in [0.25, 0.3) is 11.8 Å². The van der Waals surface area contributed by atoms with E-state index in [1.165, 1.54) is 0 Å². The van der Waals surface area contributed by atoms with Crippen LogP contribution in [0.5, 0.6) is 0 Å². The number of para-hydroxylation sites is 1. The molecule has 0 heterocycles. The van der Waals surface area contributed by atoms with Crippen molar-refractivity contribution >= 4 is 33.4 Å². The van der Waals surface area contributed by atoms with Gasteiger partial charge in [-0.05, 0) is 43.7 Å². The monoisotopic (exact) mass is 374 g/mol. The molecule has 1 unspecified atom stereocenters. The summed E-state index contributed by atoms with van der Waals surface area (Å²) in [5.41, 5.74) is 1.48. The van der Waals surface area contributed by atoms with Crippen molar-refractivity contribution in [3.05, 3.63) is 64.1 Å². The number of hydrogen-bond acceptors (Lipinski definition) is 2. The summed E-state index contributed by atoms with van der Waals surface area (Å²) in [5, 5.41) is 5.72. The SMILES string of the molecule is CCC(C)NC(=O)c1ccccc1NC(=O)c1cccc(Br)c1. The molecule has 23 heavy (non-hydrogen) atoms. The highest BCUT2D eigenvalue weighted by Crippen LogP contribution is 2.18. The molecule has 0 bridgehead atoms. The maximum atomic E-state index is 12.4. The van der Waals surface area contributed by atoms with Gasteiger partial charge in [-0.15, -0.1) is 0 Å². The molecule has 0 aliphatic heterocycles. The van der Waals surface area contributed by atoms with E-state index in [0.29, 0.717) is 16.8 Å². The van der Waals surface area contributed by atoms with Gasteiger partial charge in [0.2, 0.25) is 0 Å². The third-order valence-electron chi connectivity index (χ3n) is 3.50. The molecule has 0 saturated heterocycles. The van der Waals surface area contributed by atoms with Gasteiger partial charge in [-0.2, -0.15) is 0 Å². The summed E-state index contributed by atoms with van der Waals surface area (Å²) < 4.78 is 0.827. The zero-order valence-electron chi connectivity index (χ0n) is 13.1. The summed E-state index contributed by atoms with van der Waals surface area (Å²) in [6, 6.07) is 14.2. The largest absolute Gasteiger partial charge is 0.350 e. The lowest BCUT2D eigenvalue weighted by Crippen LogP contribution is -2.32. The summed E-state index contributed by atoms with van der Waals surface area (Å²) in [5.74, 6) is -0.445. The second-order valence-electron chi connectivity index (χ2n) is 5.29. The topological polar surface area (TPSA) is 58.2 Å². The van der Waals surface area contributed by atoms with Crippen LogP contribution in [0.2, 0.25) is 0 Å². The van der Waals surface area contributed by atoms with Crippen LogP contribution in [-0.4, -0.2) is 17.9 Å². The van der Waals surface area contributed by atoms with Gasteiger partial charge in [-0.1, -0.05) is 41.1 Å². The Morgan fingerprint density at radius 3 is 2.52 bits per heavy atom. The number of anilines is 1. The molecule has 0 saturated carbocycles. The standard InChI is InChI=1S/C18H19BrN2O2/c1-3-12(2)20-18(23)15-9-4-5-10-16(15)21-17(22)13-7-6-8-14(19)11-13/h4-12H,3H2,1-2H3,(H,20,23)(H,21,22). The molecule has 120 valence electrons. The van der Waals surface area contributed by atoms with E-state index in [-0.39, 0.29) is 17.9 Å². The number of carbonyl (C=O) groups is 2. The lowest BCUT2D eigenvalue weighted by atomic mass is 10.1. The molecule has 2 rings (SSSR count). The second-order valence-corrected chi connectivity index (χ2v) is 6.21. The van der Waals surface area contributed by atoms with Gasteiger partial charge in [-0.3, -0.25) is 9.59 Å². The summed E-state index contributed by atoms with van der Waals surface area (Å²) in [4.78, 5) is 24.7. The minimum Gasteiger partial charge on any atom is -0.350 e. The van der Waals surface area contributed by atoms with Crippen molar-refractivity contribution in [3.8, 4) is 0 Å². The van der Waals surface area contributed by atoms with Gasteiger partial charge in [0.05, 0.1) is 11.3 Å². The van der Waals surface area contributed by atoms with Gasteiger partial charge < -0.3 is 10.6 Å². The average molecular weight is 375 g/mol. The molecular weight excluding hydrogens is 356 g/mol. The highest BCUT2D eigenvalue weighted by molar-refractivity contribution is 9.10. The van der Waals surface area contributed by atoms with Crippen LogP contribution in [0.3, 0.4) is 0 Å². The number of nitrogens with one attached hydrogen (secondary N) is 2. The Bertz CT molecular complexity index is 716. The predicted molar refractivity (Wildman–Crippen MR) is 95.8 cm³/mol. The number of amides is 2. The van der Waals surface area contributed by atoms with Crippen LogP contribution in [0, 0.1) is 0 Å². The molecule has 0 aromatic heterocycles. The maximum absolute atomic E-state index is 12.4. The van der Waals surface area contributed by atoms with Crippen LogP contribution in [0.15, 0.2) is 53.0 Å². The fourth-order valence-electron chi connectivity index (χ4n) is 2.02. The quantitative estimate of drug-likeness (QED) is 0.822. The first-order valence-corrected chi connectivity index (χ1v) is 8.27. The van der Waals surface area contributed by atoms with E-state index < -0.39 is 0 Å². The first kappa shape index (κ1) is 17.2. The number of halogens is 1. The number of hydrogen-bond donors (Lipinski definition) is 2. The van der Waals surface area contributed by atoms with E-state index >= 15 is 0 Å². The minimum atomic E-state index is -0.255. The Morgan fingerprint density at radius 2 is 1.83 bits per heavy atom. The molecule has 0 aliphatic carbocycles. The van der Waals surface area contributed by atoms with Crippen LogP contribution >= 0.6 is 15.9 Å². The Balaban J connectivity index is 2.20. The van der Waals surface area contributed by atoms with Crippen molar-refractivity contribution in [2.45, 2.75) is 26.3 Å². The minimum absolute atomic E-state index is 0.0799. The lowest BCUT2D eigenvalue weighted by Gasteiger charge is -2.14. The van der Waals surface area contributed by atoms with Gasteiger partial charge >= 0.3 is 0 Å². The molecule has 2 N–H and O–H groups in total. The third-order valence-corrected chi connectivity index (χ3v) is 3.99. The van der Waals surface area contributed by atoms with E-state index in [1.54, 1.807) is 42.5 Å². The van der Waals surface area contributed by atoms with Crippen LogP contribution in [0.4, 0.5) is 5.69 Å². The number of benzene rings is 2. The molecule has 1 atom stereocenters. The van der Waals surface area contributed by atoms with E-state index in [4.69, 9.17) is 0 Å². The molecule has 4 nitrogen and oxygen atoms in total. The number of rotatable bonds is 5. The summed E-state index contributed by atoms with van der Waals surface area (Å²) in [7, 11) is 0. The first-order valence-electron chi connectivity index (χ1n) is 7.48. The van der Waals surface area contributed by atoms with Crippen LogP contribution < -0.4 is 10.6 Å². The third kappa shape index (κ3) is 4.66. The van der Waals surface area contributed by atoms with Gasteiger partial charge in [0, 0.05) is 16.1 Å². The highest BCUT2D eigenvalue weighted by Gasteiger charge is 2.15. The normalized spacial score (nSPS) is 11.6. The molecular formula is C18H19BrN2O2. The van der Waals surface area contributed by atoms with Crippen molar-refractivity contribution in [1.82, 2.24) is 5.32 Å². The second kappa shape index (κ2) is 7.92. The molecule has 0 aliphatic rings. The highest BCUT2D eigenvalue weighted by atomic mass is 79.9. The zero-order chi connectivity index (χ0) is 16.8. The van der Waals surface area contributed by atoms with Gasteiger partial charge in [-0.25, -0.2) is 0 Å². The van der Waals surface area contributed by atoms with E-state index in [9.17, 15) is 9.59 Å². The van der Waals surface area contributed by atoms with E-state index in [0.717, 1.165) is 10.9 Å². The van der Waals surface area contributed by atoms with Crippen molar-refractivity contribution in [2.75, 3.05) is 5.32 Å². The Labute approximate surface area is 144 Å². The molecule has 0 radical (unpaired) electrons. The van der Waals surface area contributed by atoms with Gasteiger partial charge in [0.1, 0.15) is 0 Å². The predicted octanol–water partition coefficient (Wildman–Crippen LogP) is 4.23. The van der Waals surface area contributed by atoms with E-state index in [1.807, 2.05) is 19.9 Å². The maximum Gasteiger partial charge on any atom is 0.255 e. The van der Waals surface area contributed by atoms with Crippen LogP contribution in [-0.2, 0) is 0 Å². The van der Waals surface area contributed by atoms with Crippen molar-refractivity contribution in [3.63, 3.8) is 0 Å². The van der Waals surface area contributed by atoms with Crippen molar-refractivity contribution in [2.24, 2.45) is 0 Å². The Morgan fingerprint density at radius 1 is 1.09 bits per heavy atom. The summed E-state index contributed by atoms with van der Waals surface area (Å²) >= 11 is 3.34. The van der Waals surface area contributed by atoms with Crippen LogP contribution in [0.25, 0.3) is 0 Å². The zero-order valence-corrected chi connectivity index (χ0v) is 14.7. The average Bonchev–Trinajstić information content (AvgIpc) is 2.55. The molecule has 0 spiro atoms.